The molecule has 0 amide bonds. The summed E-state index contributed by atoms with van der Waals surface area (Å²) >= 11 is 0. The topological polar surface area (TPSA) is 35.5 Å². The smallest absolute Gasteiger partial charge is 0.313 e. The number of esters is 1. The Bertz CT molecular complexity index is 405. The number of benzene rings is 1. The van der Waals surface area contributed by atoms with Crippen LogP contribution in [0, 0.1) is 5.92 Å². The third kappa shape index (κ3) is 3.28. The molecule has 1 aromatic carbocycles. The first-order chi connectivity index (χ1) is 9.26. The number of carbonyl (C=O) groups is 1. The lowest BCUT2D eigenvalue weighted by Gasteiger charge is -2.28. The summed E-state index contributed by atoms with van der Waals surface area (Å²) in [7, 11) is 3.12. The number of carbonyl (C=O) groups excluding carboxylic acids is 1. The minimum atomic E-state index is -0.129. The van der Waals surface area contributed by atoms with Crippen molar-refractivity contribution in [2.75, 3.05) is 14.2 Å². The zero-order valence-electron chi connectivity index (χ0n) is 11.7. The Kier molecular flexibility index (Phi) is 4.83. The lowest BCUT2D eigenvalue weighted by atomic mass is 9.77. The van der Waals surface area contributed by atoms with Gasteiger partial charge in [0.15, 0.2) is 0 Å². The molecular weight excluding hydrogens is 240 g/mol. The van der Waals surface area contributed by atoms with Gasteiger partial charge in [0.05, 0.1) is 20.1 Å². The molecule has 0 heterocycles. The summed E-state index contributed by atoms with van der Waals surface area (Å²) in [6, 6.07) is 7.78. The van der Waals surface area contributed by atoms with Gasteiger partial charge in [0.25, 0.3) is 0 Å². The molecule has 1 unspecified atom stereocenters. The number of hydrogen-bond donors (Lipinski definition) is 0. The van der Waals surface area contributed by atoms with E-state index in [-0.39, 0.29) is 11.9 Å². The molecule has 1 aliphatic carbocycles. The highest BCUT2D eigenvalue weighted by Crippen LogP contribution is 2.37. The summed E-state index contributed by atoms with van der Waals surface area (Å²) in [6.45, 7) is 0. The number of ether oxygens (including phenoxy) is 2. The van der Waals surface area contributed by atoms with Gasteiger partial charge in [-0.05, 0) is 36.5 Å². The van der Waals surface area contributed by atoms with Crippen LogP contribution in [0.4, 0.5) is 0 Å². The van der Waals surface area contributed by atoms with E-state index in [1.54, 1.807) is 7.11 Å². The van der Waals surface area contributed by atoms with Crippen LogP contribution in [0.25, 0.3) is 0 Å². The van der Waals surface area contributed by atoms with E-state index in [4.69, 9.17) is 9.47 Å². The summed E-state index contributed by atoms with van der Waals surface area (Å²) in [5.74, 6) is 0.985. The van der Waals surface area contributed by atoms with Gasteiger partial charge in [0.1, 0.15) is 5.75 Å². The predicted molar refractivity (Wildman–Crippen MR) is 74.3 cm³/mol. The van der Waals surface area contributed by atoms with Crippen molar-refractivity contribution in [1.29, 1.82) is 0 Å². The minimum Gasteiger partial charge on any atom is -0.497 e. The van der Waals surface area contributed by atoms with Crippen molar-refractivity contribution in [1.82, 2.24) is 0 Å². The van der Waals surface area contributed by atoms with Crippen molar-refractivity contribution >= 4 is 5.97 Å². The number of methoxy groups -OCH3 is 2. The molecule has 1 aromatic rings. The Morgan fingerprint density at radius 2 is 1.74 bits per heavy atom. The molecule has 0 saturated heterocycles. The van der Waals surface area contributed by atoms with Crippen LogP contribution in [-0.4, -0.2) is 20.2 Å². The molecule has 1 atom stereocenters. The van der Waals surface area contributed by atoms with Gasteiger partial charge in [0, 0.05) is 0 Å². The molecule has 0 N–H and O–H groups in total. The highest BCUT2D eigenvalue weighted by molar-refractivity contribution is 5.78. The molecule has 0 aliphatic heterocycles. The molecule has 1 saturated carbocycles. The van der Waals surface area contributed by atoms with E-state index in [1.807, 2.05) is 24.3 Å². The Balaban J connectivity index is 2.22. The molecule has 2 rings (SSSR count). The van der Waals surface area contributed by atoms with Gasteiger partial charge in [-0.25, -0.2) is 0 Å². The van der Waals surface area contributed by atoms with Crippen LogP contribution in [0.5, 0.6) is 5.75 Å². The van der Waals surface area contributed by atoms with E-state index in [2.05, 4.69) is 0 Å². The van der Waals surface area contributed by atoms with Crippen LogP contribution in [0.2, 0.25) is 0 Å². The monoisotopic (exact) mass is 262 g/mol. The van der Waals surface area contributed by atoms with Gasteiger partial charge in [-0.3, -0.25) is 4.79 Å². The minimum absolute atomic E-state index is 0.114. The number of hydrogen-bond acceptors (Lipinski definition) is 3. The van der Waals surface area contributed by atoms with Gasteiger partial charge in [-0.2, -0.15) is 0 Å². The fourth-order valence-corrected chi connectivity index (χ4v) is 3.01. The van der Waals surface area contributed by atoms with Gasteiger partial charge >= 0.3 is 5.97 Å². The second kappa shape index (κ2) is 6.60. The highest BCUT2D eigenvalue weighted by atomic mass is 16.5. The SMILES string of the molecule is COC(=O)C(c1ccc(OC)cc1)C1CCCCC1. The van der Waals surface area contributed by atoms with Crippen LogP contribution in [0.1, 0.15) is 43.6 Å². The summed E-state index contributed by atoms with van der Waals surface area (Å²) in [5.41, 5.74) is 1.04. The van der Waals surface area contributed by atoms with E-state index in [0.29, 0.717) is 5.92 Å². The third-order valence-corrected chi connectivity index (χ3v) is 4.05. The van der Waals surface area contributed by atoms with Crippen LogP contribution in [0.3, 0.4) is 0 Å². The van der Waals surface area contributed by atoms with Crippen molar-refractivity contribution < 1.29 is 14.3 Å². The second-order valence-corrected chi connectivity index (χ2v) is 5.17. The molecule has 1 fully saturated rings. The largest absolute Gasteiger partial charge is 0.497 e. The van der Waals surface area contributed by atoms with Crippen LogP contribution in [0.15, 0.2) is 24.3 Å². The van der Waals surface area contributed by atoms with Crippen molar-refractivity contribution in [3.05, 3.63) is 29.8 Å². The fourth-order valence-electron chi connectivity index (χ4n) is 3.01. The zero-order chi connectivity index (χ0) is 13.7. The Morgan fingerprint density at radius 3 is 2.26 bits per heavy atom. The molecule has 19 heavy (non-hydrogen) atoms. The van der Waals surface area contributed by atoms with Crippen molar-refractivity contribution in [2.24, 2.45) is 5.92 Å². The number of rotatable bonds is 4. The Morgan fingerprint density at radius 1 is 1.11 bits per heavy atom. The Labute approximate surface area is 114 Å². The lowest BCUT2D eigenvalue weighted by Crippen LogP contribution is -2.25. The highest BCUT2D eigenvalue weighted by Gasteiger charge is 2.31. The summed E-state index contributed by atoms with van der Waals surface area (Å²) < 4.78 is 10.2. The molecular formula is C16H22O3. The normalized spacial score (nSPS) is 17.8. The molecule has 104 valence electrons. The maximum Gasteiger partial charge on any atom is 0.313 e. The van der Waals surface area contributed by atoms with E-state index < -0.39 is 0 Å². The van der Waals surface area contributed by atoms with E-state index in [9.17, 15) is 4.79 Å². The average Bonchev–Trinajstić information content (AvgIpc) is 2.49. The predicted octanol–water partition coefficient (Wildman–Crippen LogP) is 3.53. The summed E-state index contributed by atoms with van der Waals surface area (Å²) in [5, 5.41) is 0. The van der Waals surface area contributed by atoms with Crippen LogP contribution >= 0.6 is 0 Å². The maximum absolute atomic E-state index is 12.1. The van der Waals surface area contributed by atoms with Crippen molar-refractivity contribution in [2.45, 2.75) is 38.0 Å². The van der Waals surface area contributed by atoms with E-state index >= 15 is 0 Å². The molecule has 0 bridgehead atoms. The van der Waals surface area contributed by atoms with Crippen molar-refractivity contribution in [3.63, 3.8) is 0 Å². The lowest BCUT2D eigenvalue weighted by molar-refractivity contribution is -0.144. The molecule has 1 aliphatic rings. The quantitative estimate of drug-likeness (QED) is 0.779. The van der Waals surface area contributed by atoms with E-state index in [0.717, 1.165) is 24.2 Å². The maximum atomic E-state index is 12.1. The summed E-state index contributed by atoms with van der Waals surface area (Å²) in [6.07, 6.45) is 5.95. The van der Waals surface area contributed by atoms with Crippen LogP contribution in [-0.2, 0) is 9.53 Å². The van der Waals surface area contributed by atoms with Gasteiger partial charge in [-0.15, -0.1) is 0 Å². The second-order valence-electron chi connectivity index (χ2n) is 5.17. The molecule has 0 radical (unpaired) electrons. The Hall–Kier alpha value is -1.51. The zero-order valence-corrected chi connectivity index (χ0v) is 11.7. The van der Waals surface area contributed by atoms with Gasteiger partial charge < -0.3 is 9.47 Å². The molecule has 3 nitrogen and oxygen atoms in total. The fraction of sp³-hybridized carbons (Fsp3) is 0.562. The van der Waals surface area contributed by atoms with Crippen LogP contribution < -0.4 is 4.74 Å². The first-order valence-electron chi connectivity index (χ1n) is 6.98. The third-order valence-electron chi connectivity index (χ3n) is 4.05. The molecule has 3 heteroatoms. The summed E-state index contributed by atoms with van der Waals surface area (Å²) in [4.78, 5) is 12.1. The van der Waals surface area contributed by atoms with Gasteiger partial charge in [0.2, 0.25) is 0 Å². The van der Waals surface area contributed by atoms with Crippen molar-refractivity contribution in [3.8, 4) is 5.75 Å². The first kappa shape index (κ1) is 13.9. The first-order valence-corrected chi connectivity index (χ1v) is 6.98. The average molecular weight is 262 g/mol. The molecule has 0 aromatic heterocycles. The molecule has 0 spiro atoms. The standard InChI is InChI=1S/C16H22O3/c1-18-14-10-8-13(9-11-14)15(16(17)19-2)12-6-4-3-5-7-12/h8-12,15H,3-7H2,1-2H3. The van der Waals surface area contributed by atoms with E-state index in [1.165, 1.54) is 26.4 Å². The van der Waals surface area contributed by atoms with Gasteiger partial charge in [-0.1, -0.05) is 31.4 Å².